The van der Waals surface area contributed by atoms with Gasteiger partial charge >= 0.3 is 0 Å². The average molecular weight is 722 g/mol. The Morgan fingerprint density at radius 2 is 1.50 bits per heavy atom. The van der Waals surface area contributed by atoms with Gasteiger partial charge in [0.25, 0.3) is 10.0 Å². The number of nitrogens with one attached hydrogen (secondary N) is 1. The quantitative estimate of drug-likeness (QED) is 0.152. The van der Waals surface area contributed by atoms with Gasteiger partial charge in [0.05, 0.1) is 30.7 Å². The van der Waals surface area contributed by atoms with E-state index in [1.807, 2.05) is 44.2 Å². The van der Waals surface area contributed by atoms with Gasteiger partial charge in [-0.2, -0.15) is 0 Å². The van der Waals surface area contributed by atoms with Crippen LogP contribution in [0.15, 0.2) is 95.9 Å². The molecule has 242 valence electrons. The molecule has 0 spiro atoms. The van der Waals surface area contributed by atoms with E-state index in [9.17, 15) is 18.0 Å². The highest BCUT2D eigenvalue weighted by Crippen LogP contribution is 2.36. The Morgan fingerprint density at radius 1 is 0.804 bits per heavy atom. The first-order chi connectivity index (χ1) is 21.9. The zero-order valence-electron chi connectivity index (χ0n) is 25.2. The summed E-state index contributed by atoms with van der Waals surface area (Å²) in [5.74, 6) is -1.03. The molecule has 1 atom stereocenters. The third-order valence-corrected chi connectivity index (χ3v) is 10.6. The maximum Gasteiger partial charge on any atom is 0.264 e. The van der Waals surface area contributed by atoms with E-state index in [4.69, 9.17) is 46.4 Å². The van der Waals surface area contributed by atoms with Crippen LogP contribution in [0.2, 0.25) is 20.1 Å². The predicted octanol–water partition coefficient (Wildman–Crippen LogP) is 7.97. The fourth-order valence-electron chi connectivity index (χ4n) is 4.79. The Bertz CT molecular complexity index is 1790. The zero-order chi connectivity index (χ0) is 33.4. The first kappa shape index (κ1) is 35.6. The van der Waals surface area contributed by atoms with Crippen LogP contribution in [0.5, 0.6) is 0 Å². The Labute approximate surface area is 290 Å². The van der Waals surface area contributed by atoms with Crippen LogP contribution in [0.4, 0.5) is 5.69 Å². The van der Waals surface area contributed by atoms with Crippen LogP contribution in [0, 0.1) is 6.92 Å². The monoisotopic (exact) mass is 719 g/mol. The van der Waals surface area contributed by atoms with Crippen molar-refractivity contribution < 1.29 is 18.0 Å². The topological polar surface area (TPSA) is 86.8 Å². The van der Waals surface area contributed by atoms with Crippen LogP contribution >= 0.6 is 46.4 Å². The molecule has 46 heavy (non-hydrogen) atoms. The van der Waals surface area contributed by atoms with Crippen molar-refractivity contribution in [3.63, 3.8) is 0 Å². The second kappa shape index (κ2) is 16.0. The normalized spacial score (nSPS) is 12.0. The Morgan fingerprint density at radius 3 is 2.15 bits per heavy atom. The average Bonchev–Trinajstić information content (AvgIpc) is 3.04. The van der Waals surface area contributed by atoms with E-state index >= 15 is 0 Å². The summed E-state index contributed by atoms with van der Waals surface area (Å²) in [6, 6.07) is 24.0. The van der Waals surface area contributed by atoms with E-state index in [1.54, 1.807) is 36.4 Å². The molecule has 0 saturated heterocycles. The number of nitrogens with zero attached hydrogens (tertiary/aromatic N) is 2. The molecule has 0 aliphatic carbocycles. The summed E-state index contributed by atoms with van der Waals surface area (Å²) in [6.07, 6.45) is 0.854. The molecule has 12 heteroatoms. The van der Waals surface area contributed by atoms with Gasteiger partial charge in [0.1, 0.15) is 12.6 Å². The molecule has 1 N–H and O–H groups in total. The van der Waals surface area contributed by atoms with Gasteiger partial charge in [-0.1, -0.05) is 113 Å². The van der Waals surface area contributed by atoms with Gasteiger partial charge in [0.15, 0.2) is 0 Å². The standard InChI is InChI=1S/C34H33Cl4N3O4S/c1-3-18-39-34(43)31(20-24-8-5-4-6-9-24)40(21-25-14-17-27(35)29(37)19-25)32(42)22-41(30-11-7-10-28(36)33(30)38)46(44,45)26-15-12-23(2)13-16-26/h4-17,19,31H,3,18,20-22H2,1-2H3,(H,39,43). The molecule has 0 radical (unpaired) electrons. The molecule has 2 amide bonds. The van der Waals surface area contributed by atoms with E-state index in [2.05, 4.69) is 5.32 Å². The first-order valence-corrected chi connectivity index (χ1v) is 17.5. The van der Waals surface area contributed by atoms with Gasteiger partial charge in [0.2, 0.25) is 11.8 Å². The fourth-order valence-corrected chi connectivity index (χ4v) is 6.98. The molecule has 4 rings (SSSR count). The highest BCUT2D eigenvalue weighted by atomic mass is 35.5. The van der Waals surface area contributed by atoms with Gasteiger partial charge in [-0.15, -0.1) is 0 Å². The lowest BCUT2D eigenvalue weighted by Gasteiger charge is -2.34. The molecule has 4 aromatic rings. The summed E-state index contributed by atoms with van der Waals surface area (Å²) in [4.78, 5) is 29.6. The van der Waals surface area contributed by atoms with Gasteiger partial charge in [-0.05, 0) is 60.9 Å². The van der Waals surface area contributed by atoms with Crippen LogP contribution < -0.4 is 9.62 Å². The number of halogens is 4. The zero-order valence-corrected chi connectivity index (χ0v) is 29.1. The van der Waals surface area contributed by atoms with Gasteiger partial charge in [-0.25, -0.2) is 8.42 Å². The largest absolute Gasteiger partial charge is 0.354 e. The molecule has 7 nitrogen and oxygen atoms in total. The third-order valence-electron chi connectivity index (χ3n) is 7.25. The molecule has 0 saturated carbocycles. The summed E-state index contributed by atoms with van der Waals surface area (Å²) in [5.41, 5.74) is 2.29. The Balaban J connectivity index is 1.84. The second-order valence-electron chi connectivity index (χ2n) is 10.7. The second-order valence-corrected chi connectivity index (χ2v) is 14.1. The third kappa shape index (κ3) is 8.75. The lowest BCUT2D eigenvalue weighted by atomic mass is 10.0. The van der Waals surface area contributed by atoms with Crippen LogP contribution in [0.1, 0.15) is 30.0 Å². The highest BCUT2D eigenvalue weighted by molar-refractivity contribution is 7.92. The van der Waals surface area contributed by atoms with Crippen LogP contribution in [0.25, 0.3) is 0 Å². The van der Waals surface area contributed by atoms with Crippen molar-refractivity contribution in [3.05, 3.63) is 128 Å². The van der Waals surface area contributed by atoms with Crippen molar-refractivity contribution in [1.82, 2.24) is 10.2 Å². The highest BCUT2D eigenvalue weighted by Gasteiger charge is 2.35. The number of hydrogen-bond acceptors (Lipinski definition) is 4. The first-order valence-electron chi connectivity index (χ1n) is 14.5. The number of anilines is 1. The van der Waals surface area contributed by atoms with Crippen molar-refractivity contribution in [3.8, 4) is 0 Å². The van der Waals surface area contributed by atoms with E-state index in [0.717, 1.165) is 15.4 Å². The number of benzene rings is 4. The van der Waals surface area contributed by atoms with Crippen molar-refractivity contribution in [2.45, 2.75) is 44.2 Å². The molecule has 4 aromatic carbocycles. The molecular formula is C34H33Cl4N3O4S. The number of aryl methyl sites for hydroxylation is 1. The summed E-state index contributed by atoms with van der Waals surface area (Å²) < 4.78 is 29.3. The molecule has 0 aliphatic rings. The van der Waals surface area contributed by atoms with Crippen LogP contribution in [-0.2, 0) is 32.6 Å². The van der Waals surface area contributed by atoms with Crippen molar-refractivity contribution in [2.75, 3.05) is 17.4 Å². The SMILES string of the molecule is CCCNC(=O)C(Cc1ccccc1)N(Cc1ccc(Cl)c(Cl)c1)C(=O)CN(c1cccc(Cl)c1Cl)S(=O)(=O)c1ccc(C)cc1. The maximum atomic E-state index is 14.5. The smallest absolute Gasteiger partial charge is 0.264 e. The molecule has 0 aliphatic heterocycles. The van der Waals surface area contributed by atoms with Gasteiger partial charge in [0, 0.05) is 19.5 Å². The Kier molecular flexibility index (Phi) is 12.4. The molecule has 0 fully saturated rings. The van der Waals surface area contributed by atoms with Gasteiger partial charge in [-0.3, -0.25) is 13.9 Å². The number of carbonyl (C=O) groups is 2. The number of hydrogen-bond donors (Lipinski definition) is 1. The van der Waals surface area contributed by atoms with E-state index in [1.165, 1.54) is 29.2 Å². The number of amides is 2. The predicted molar refractivity (Wildman–Crippen MR) is 186 cm³/mol. The minimum Gasteiger partial charge on any atom is -0.354 e. The van der Waals surface area contributed by atoms with Crippen molar-refractivity contribution >= 4 is 73.9 Å². The Hall–Kier alpha value is -3.27. The van der Waals surface area contributed by atoms with E-state index in [0.29, 0.717) is 23.6 Å². The maximum absolute atomic E-state index is 14.5. The summed E-state index contributed by atoms with van der Waals surface area (Å²) in [5, 5.41) is 3.59. The number of rotatable bonds is 13. The van der Waals surface area contributed by atoms with Crippen LogP contribution in [-0.4, -0.2) is 44.3 Å². The van der Waals surface area contributed by atoms with E-state index in [-0.39, 0.29) is 44.5 Å². The fraction of sp³-hybridized carbons (Fsp3) is 0.235. The van der Waals surface area contributed by atoms with Crippen LogP contribution in [0.3, 0.4) is 0 Å². The summed E-state index contributed by atoms with van der Waals surface area (Å²) >= 11 is 25.4. The summed E-state index contributed by atoms with van der Waals surface area (Å²) in [7, 11) is -4.34. The lowest BCUT2D eigenvalue weighted by Crippen LogP contribution is -2.53. The number of sulfonamides is 1. The minimum atomic E-state index is -4.34. The molecule has 0 aromatic heterocycles. The molecule has 0 bridgehead atoms. The molecular weight excluding hydrogens is 688 g/mol. The van der Waals surface area contributed by atoms with E-state index < -0.39 is 28.5 Å². The van der Waals surface area contributed by atoms with Gasteiger partial charge < -0.3 is 10.2 Å². The van der Waals surface area contributed by atoms with Crippen molar-refractivity contribution in [1.29, 1.82) is 0 Å². The summed E-state index contributed by atoms with van der Waals surface area (Å²) in [6.45, 7) is 3.42. The molecule has 0 heterocycles. The number of carbonyl (C=O) groups excluding carboxylic acids is 2. The molecule has 1 unspecified atom stereocenters. The van der Waals surface area contributed by atoms with Crippen molar-refractivity contribution in [2.24, 2.45) is 0 Å². The lowest BCUT2D eigenvalue weighted by molar-refractivity contribution is -0.140. The minimum absolute atomic E-state index is 0.0209.